The van der Waals surface area contributed by atoms with Crippen LogP contribution in [0.5, 0.6) is 0 Å². The van der Waals surface area contributed by atoms with Crippen LogP contribution in [0.1, 0.15) is 28.9 Å². The average molecular weight is 285 g/mol. The van der Waals surface area contributed by atoms with Gasteiger partial charge in [0, 0.05) is 0 Å². The predicted molar refractivity (Wildman–Crippen MR) is 74.7 cm³/mol. The van der Waals surface area contributed by atoms with Gasteiger partial charge in [-0.3, -0.25) is 0 Å². The Balaban J connectivity index is 2.04. The van der Waals surface area contributed by atoms with Crippen molar-refractivity contribution in [2.24, 2.45) is 0 Å². The molecule has 3 rings (SSSR count). The number of hydrogen-bond donors (Lipinski definition) is 1. The number of halogens is 1. The van der Waals surface area contributed by atoms with Gasteiger partial charge in [-0.2, -0.15) is 0 Å². The van der Waals surface area contributed by atoms with Crippen molar-refractivity contribution in [1.29, 1.82) is 0 Å². The first kappa shape index (κ1) is 13.2. The molecule has 1 heterocycles. The molecular weight excluding hydrogens is 273 g/mol. The van der Waals surface area contributed by atoms with Crippen LogP contribution in [0.4, 0.5) is 4.39 Å². The lowest BCUT2D eigenvalue weighted by Crippen LogP contribution is -2.08. The maximum Gasteiger partial charge on any atom is 0.335 e. The van der Waals surface area contributed by atoms with Gasteiger partial charge in [-0.05, 0) is 42.8 Å². The number of hydrogen-bond acceptors (Lipinski definition) is 3. The SMILES string of the molecule is CC(c1ccc(F)cc1)n1nnc2cc(C(=O)O)ccc21. The first-order valence-corrected chi connectivity index (χ1v) is 6.40. The average Bonchev–Trinajstić information content (AvgIpc) is 2.90. The van der Waals surface area contributed by atoms with Gasteiger partial charge in [0.15, 0.2) is 0 Å². The zero-order chi connectivity index (χ0) is 15.0. The molecule has 1 atom stereocenters. The number of fused-ring (bicyclic) bond motifs is 1. The standard InChI is InChI=1S/C15H12FN3O2/c1-9(10-2-5-12(16)6-3-10)19-14-7-4-11(15(20)21)8-13(14)17-18-19/h2-9H,1H3,(H,20,21). The highest BCUT2D eigenvalue weighted by Crippen LogP contribution is 2.22. The maximum absolute atomic E-state index is 13.0. The van der Waals surface area contributed by atoms with Crippen molar-refractivity contribution in [1.82, 2.24) is 15.0 Å². The summed E-state index contributed by atoms with van der Waals surface area (Å²) in [5, 5.41) is 17.0. The molecule has 0 spiro atoms. The fraction of sp³-hybridized carbons (Fsp3) is 0.133. The van der Waals surface area contributed by atoms with E-state index in [1.807, 2.05) is 6.92 Å². The van der Waals surface area contributed by atoms with Crippen LogP contribution in [0, 0.1) is 5.82 Å². The second-order valence-electron chi connectivity index (χ2n) is 4.77. The van der Waals surface area contributed by atoms with E-state index >= 15 is 0 Å². The van der Waals surface area contributed by atoms with Gasteiger partial charge in [-0.1, -0.05) is 17.3 Å². The van der Waals surface area contributed by atoms with E-state index < -0.39 is 5.97 Å². The van der Waals surface area contributed by atoms with Crippen LogP contribution in [0.3, 0.4) is 0 Å². The highest BCUT2D eigenvalue weighted by atomic mass is 19.1. The lowest BCUT2D eigenvalue weighted by Gasteiger charge is -2.12. The number of carboxylic acid groups (broad SMARTS) is 1. The van der Waals surface area contributed by atoms with Gasteiger partial charge < -0.3 is 5.11 Å². The zero-order valence-electron chi connectivity index (χ0n) is 11.2. The lowest BCUT2D eigenvalue weighted by atomic mass is 10.1. The summed E-state index contributed by atoms with van der Waals surface area (Å²) in [5.41, 5.74) is 2.31. The van der Waals surface area contributed by atoms with Crippen molar-refractivity contribution in [3.63, 3.8) is 0 Å². The maximum atomic E-state index is 13.0. The number of carbonyl (C=O) groups is 1. The van der Waals surface area contributed by atoms with Crippen molar-refractivity contribution in [3.8, 4) is 0 Å². The van der Waals surface area contributed by atoms with E-state index in [4.69, 9.17) is 5.11 Å². The molecule has 21 heavy (non-hydrogen) atoms. The highest BCUT2D eigenvalue weighted by molar-refractivity contribution is 5.92. The van der Waals surface area contributed by atoms with Crippen LogP contribution in [0.2, 0.25) is 0 Å². The molecule has 1 aromatic heterocycles. The van der Waals surface area contributed by atoms with Gasteiger partial charge in [-0.25, -0.2) is 13.9 Å². The van der Waals surface area contributed by atoms with Crippen molar-refractivity contribution < 1.29 is 14.3 Å². The zero-order valence-corrected chi connectivity index (χ0v) is 11.2. The summed E-state index contributed by atoms with van der Waals surface area (Å²) < 4.78 is 14.7. The number of aromatic nitrogens is 3. The summed E-state index contributed by atoms with van der Waals surface area (Å²) in [7, 11) is 0. The number of carboxylic acids is 1. The topological polar surface area (TPSA) is 68.0 Å². The molecule has 0 aliphatic carbocycles. The van der Waals surface area contributed by atoms with Crippen molar-refractivity contribution in [2.75, 3.05) is 0 Å². The van der Waals surface area contributed by atoms with Crippen molar-refractivity contribution in [2.45, 2.75) is 13.0 Å². The Labute approximate surface area is 119 Å². The molecule has 0 bridgehead atoms. The predicted octanol–water partition coefficient (Wildman–Crippen LogP) is 2.88. The van der Waals surface area contributed by atoms with Crippen molar-refractivity contribution in [3.05, 3.63) is 59.4 Å². The monoisotopic (exact) mass is 285 g/mol. The second-order valence-corrected chi connectivity index (χ2v) is 4.77. The fourth-order valence-electron chi connectivity index (χ4n) is 2.24. The van der Waals surface area contributed by atoms with Crippen LogP contribution >= 0.6 is 0 Å². The van der Waals surface area contributed by atoms with Gasteiger partial charge in [0.25, 0.3) is 0 Å². The van der Waals surface area contributed by atoms with Gasteiger partial charge in [0.1, 0.15) is 11.3 Å². The molecule has 1 unspecified atom stereocenters. The molecule has 2 aromatic carbocycles. The summed E-state index contributed by atoms with van der Waals surface area (Å²) in [5.74, 6) is -1.29. The van der Waals surface area contributed by atoms with Crippen LogP contribution in [-0.4, -0.2) is 26.1 Å². The summed E-state index contributed by atoms with van der Waals surface area (Å²) in [6.07, 6.45) is 0. The third-order valence-corrected chi connectivity index (χ3v) is 3.44. The molecule has 5 nitrogen and oxygen atoms in total. The van der Waals surface area contributed by atoms with Crippen molar-refractivity contribution >= 4 is 17.0 Å². The minimum Gasteiger partial charge on any atom is -0.478 e. The van der Waals surface area contributed by atoms with Crippen LogP contribution in [0.25, 0.3) is 11.0 Å². The summed E-state index contributed by atoms with van der Waals surface area (Å²) >= 11 is 0. The molecule has 0 amide bonds. The molecular formula is C15H12FN3O2. The minimum absolute atomic E-state index is 0.133. The third-order valence-electron chi connectivity index (χ3n) is 3.44. The number of rotatable bonds is 3. The van der Waals surface area contributed by atoms with E-state index in [1.54, 1.807) is 22.9 Å². The minimum atomic E-state index is -1.00. The first-order chi connectivity index (χ1) is 10.1. The normalized spacial score (nSPS) is 12.5. The molecule has 106 valence electrons. The highest BCUT2D eigenvalue weighted by Gasteiger charge is 2.14. The molecule has 0 aliphatic rings. The second kappa shape index (κ2) is 4.97. The fourth-order valence-corrected chi connectivity index (χ4v) is 2.24. The Hall–Kier alpha value is -2.76. The molecule has 0 radical (unpaired) electrons. The van der Waals surface area contributed by atoms with E-state index in [-0.39, 0.29) is 17.4 Å². The van der Waals surface area contributed by atoms with E-state index in [0.29, 0.717) is 5.52 Å². The Morgan fingerprint density at radius 1 is 1.24 bits per heavy atom. The molecule has 6 heteroatoms. The van der Waals surface area contributed by atoms with Gasteiger partial charge in [0.05, 0.1) is 17.1 Å². The summed E-state index contributed by atoms with van der Waals surface area (Å²) in [4.78, 5) is 10.9. The number of benzene rings is 2. The molecule has 0 saturated carbocycles. The molecule has 0 saturated heterocycles. The van der Waals surface area contributed by atoms with Crippen LogP contribution in [0.15, 0.2) is 42.5 Å². The third kappa shape index (κ3) is 2.35. The number of aromatic carboxylic acids is 1. The number of nitrogens with zero attached hydrogens (tertiary/aromatic N) is 3. The van der Waals surface area contributed by atoms with Crippen LogP contribution in [-0.2, 0) is 0 Å². The van der Waals surface area contributed by atoms with Gasteiger partial charge in [-0.15, -0.1) is 5.10 Å². The quantitative estimate of drug-likeness (QED) is 0.803. The van der Waals surface area contributed by atoms with E-state index in [0.717, 1.165) is 11.1 Å². The molecule has 0 aliphatic heterocycles. The largest absolute Gasteiger partial charge is 0.478 e. The van der Waals surface area contributed by atoms with E-state index in [1.165, 1.54) is 24.3 Å². The van der Waals surface area contributed by atoms with E-state index in [2.05, 4.69) is 10.3 Å². The lowest BCUT2D eigenvalue weighted by molar-refractivity contribution is 0.0697. The Morgan fingerprint density at radius 3 is 2.62 bits per heavy atom. The Morgan fingerprint density at radius 2 is 1.95 bits per heavy atom. The van der Waals surface area contributed by atoms with Gasteiger partial charge in [0.2, 0.25) is 0 Å². The first-order valence-electron chi connectivity index (χ1n) is 6.40. The molecule has 0 fully saturated rings. The summed E-state index contributed by atoms with van der Waals surface area (Å²) in [6, 6.07) is 10.7. The van der Waals surface area contributed by atoms with Crippen LogP contribution < -0.4 is 0 Å². The molecule has 3 aromatic rings. The molecule has 1 N–H and O–H groups in total. The summed E-state index contributed by atoms with van der Waals surface area (Å²) in [6.45, 7) is 1.92. The van der Waals surface area contributed by atoms with E-state index in [9.17, 15) is 9.18 Å². The Kier molecular flexibility index (Phi) is 3.13. The Bertz CT molecular complexity index is 811. The smallest absolute Gasteiger partial charge is 0.335 e. The van der Waals surface area contributed by atoms with Gasteiger partial charge >= 0.3 is 5.97 Å².